The Labute approximate surface area is 117 Å². The zero-order valence-electron chi connectivity index (χ0n) is 11.5. The van der Waals surface area contributed by atoms with Crippen LogP contribution in [0.4, 0.5) is 0 Å². The number of hydrogen-bond donors (Lipinski definition) is 2. The third kappa shape index (κ3) is 3.08. The Morgan fingerprint density at radius 2 is 2.20 bits per heavy atom. The summed E-state index contributed by atoms with van der Waals surface area (Å²) < 4.78 is 5.35. The van der Waals surface area contributed by atoms with E-state index in [1.807, 2.05) is 24.3 Å². The molecule has 1 aliphatic heterocycles. The predicted octanol–water partition coefficient (Wildman–Crippen LogP) is 0.0435. The summed E-state index contributed by atoms with van der Waals surface area (Å²) in [6, 6.07) is 7.44. The molecular weight excluding hydrogens is 258 g/mol. The van der Waals surface area contributed by atoms with Crippen LogP contribution in [-0.2, 0) is 9.59 Å². The summed E-state index contributed by atoms with van der Waals surface area (Å²) in [4.78, 5) is 24.8. The number of nitrogens with two attached hydrogens (primary N) is 1. The minimum absolute atomic E-state index is 0.147. The molecule has 1 aromatic carbocycles. The first-order valence-corrected chi connectivity index (χ1v) is 6.55. The number of ether oxygens (including phenoxy) is 1. The van der Waals surface area contributed by atoms with Crippen LogP contribution in [0.3, 0.4) is 0 Å². The van der Waals surface area contributed by atoms with E-state index < -0.39 is 5.91 Å². The molecule has 2 amide bonds. The molecule has 1 aliphatic rings. The lowest BCUT2D eigenvalue weighted by Crippen LogP contribution is -2.49. The normalized spacial score (nSPS) is 18.6. The lowest BCUT2D eigenvalue weighted by Gasteiger charge is -2.37. The lowest BCUT2D eigenvalue weighted by atomic mass is 10.0. The van der Waals surface area contributed by atoms with Crippen LogP contribution in [0, 0.1) is 0 Å². The second-order valence-electron chi connectivity index (χ2n) is 4.69. The summed E-state index contributed by atoms with van der Waals surface area (Å²) in [5.74, 6) is -0.111. The zero-order valence-corrected chi connectivity index (χ0v) is 11.5. The summed E-state index contributed by atoms with van der Waals surface area (Å²) >= 11 is 0. The van der Waals surface area contributed by atoms with E-state index in [2.05, 4.69) is 5.32 Å². The molecule has 1 unspecified atom stereocenters. The van der Waals surface area contributed by atoms with Crippen molar-refractivity contribution in [3.63, 3.8) is 0 Å². The molecule has 0 radical (unpaired) electrons. The molecule has 0 spiro atoms. The minimum Gasteiger partial charge on any atom is -0.496 e. The monoisotopic (exact) mass is 277 g/mol. The van der Waals surface area contributed by atoms with Gasteiger partial charge in [-0.25, -0.2) is 0 Å². The van der Waals surface area contributed by atoms with Gasteiger partial charge in [-0.3, -0.25) is 9.59 Å². The fourth-order valence-electron chi connectivity index (χ4n) is 2.47. The first-order valence-electron chi connectivity index (χ1n) is 6.55. The highest BCUT2D eigenvalue weighted by molar-refractivity contribution is 5.96. The van der Waals surface area contributed by atoms with Crippen LogP contribution in [0.1, 0.15) is 18.0 Å². The fourth-order valence-corrected chi connectivity index (χ4v) is 2.47. The van der Waals surface area contributed by atoms with Gasteiger partial charge in [-0.05, 0) is 6.07 Å². The van der Waals surface area contributed by atoms with Crippen molar-refractivity contribution in [2.24, 2.45) is 5.73 Å². The van der Waals surface area contributed by atoms with Crippen molar-refractivity contribution in [3.05, 3.63) is 29.8 Å². The molecular formula is C14H19N3O3. The number of nitrogens with one attached hydrogen (secondary N) is 1. The van der Waals surface area contributed by atoms with Crippen molar-refractivity contribution in [2.45, 2.75) is 12.5 Å². The van der Waals surface area contributed by atoms with Crippen molar-refractivity contribution in [2.75, 3.05) is 26.7 Å². The number of piperazine rings is 1. The maximum absolute atomic E-state index is 12.1. The van der Waals surface area contributed by atoms with E-state index in [4.69, 9.17) is 10.5 Å². The van der Waals surface area contributed by atoms with E-state index >= 15 is 0 Å². The van der Waals surface area contributed by atoms with Crippen LogP contribution < -0.4 is 15.8 Å². The SMILES string of the molecule is COc1ccccc1C1CNCCN1C(=O)CC(N)=O. The number of hydrogen-bond acceptors (Lipinski definition) is 4. The number of amides is 2. The van der Waals surface area contributed by atoms with E-state index in [9.17, 15) is 9.59 Å². The molecule has 1 fully saturated rings. The molecule has 1 heterocycles. The van der Waals surface area contributed by atoms with Gasteiger partial charge >= 0.3 is 0 Å². The molecule has 6 heteroatoms. The molecule has 20 heavy (non-hydrogen) atoms. The van der Waals surface area contributed by atoms with Crippen LogP contribution in [0.15, 0.2) is 24.3 Å². The van der Waals surface area contributed by atoms with Crippen LogP contribution in [-0.4, -0.2) is 43.5 Å². The number of carbonyl (C=O) groups excluding carboxylic acids is 2. The van der Waals surface area contributed by atoms with Crippen molar-refractivity contribution in [1.82, 2.24) is 10.2 Å². The van der Waals surface area contributed by atoms with Gasteiger partial charge in [-0.15, -0.1) is 0 Å². The molecule has 0 saturated carbocycles. The van der Waals surface area contributed by atoms with Gasteiger partial charge in [0.25, 0.3) is 0 Å². The first kappa shape index (κ1) is 14.3. The third-order valence-corrected chi connectivity index (χ3v) is 3.39. The van der Waals surface area contributed by atoms with Gasteiger partial charge in [-0.1, -0.05) is 18.2 Å². The molecule has 2 rings (SSSR count). The van der Waals surface area contributed by atoms with E-state index in [1.54, 1.807) is 12.0 Å². The van der Waals surface area contributed by atoms with Gasteiger partial charge in [-0.2, -0.15) is 0 Å². The van der Waals surface area contributed by atoms with E-state index in [-0.39, 0.29) is 18.4 Å². The Balaban J connectivity index is 2.26. The molecule has 0 aliphatic carbocycles. The van der Waals surface area contributed by atoms with Crippen LogP contribution in [0.2, 0.25) is 0 Å². The summed E-state index contributed by atoms with van der Waals surface area (Å²) in [7, 11) is 1.60. The summed E-state index contributed by atoms with van der Waals surface area (Å²) in [5.41, 5.74) is 6.04. The Hall–Kier alpha value is -2.08. The van der Waals surface area contributed by atoms with Crippen molar-refractivity contribution in [3.8, 4) is 5.75 Å². The van der Waals surface area contributed by atoms with E-state index in [0.29, 0.717) is 19.6 Å². The highest BCUT2D eigenvalue weighted by Gasteiger charge is 2.30. The van der Waals surface area contributed by atoms with Crippen molar-refractivity contribution >= 4 is 11.8 Å². The third-order valence-electron chi connectivity index (χ3n) is 3.39. The van der Waals surface area contributed by atoms with Gasteiger partial charge in [0.05, 0.1) is 13.2 Å². The number of carbonyl (C=O) groups is 2. The summed E-state index contributed by atoms with van der Waals surface area (Å²) in [6.45, 7) is 1.88. The molecule has 3 N–H and O–H groups in total. The Bertz CT molecular complexity index is 504. The molecule has 1 saturated heterocycles. The molecule has 0 bridgehead atoms. The Kier molecular flexibility index (Phi) is 4.57. The van der Waals surface area contributed by atoms with Gasteiger partial charge in [0.2, 0.25) is 11.8 Å². The average Bonchev–Trinajstić information content (AvgIpc) is 2.46. The number of benzene rings is 1. The van der Waals surface area contributed by atoms with Gasteiger partial charge in [0.15, 0.2) is 0 Å². The fraction of sp³-hybridized carbons (Fsp3) is 0.429. The topological polar surface area (TPSA) is 84.7 Å². The van der Waals surface area contributed by atoms with Crippen LogP contribution in [0.5, 0.6) is 5.75 Å². The lowest BCUT2D eigenvalue weighted by molar-refractivity contribution is -0.137. The molecule has 6 nitrogen and oxygen atoms in total. The van der Waals surface area contributed by atoms with E-state index in [1.165, 1.54) is 0 Å². The Morgan fingerprint density at radius 3 is 2.90 bits per heavy atom. The molecule has 1 aromatic rings. The standard InChI is InChI=1S/C14H19N3O3/c1-20-12-5-3-2-4-10(12)11-9-16-6-7-17(11)14(19)8-13(15)18/h2-5,11,16H,6-9H2,1H3,(H2,15,18). The second-order valence-corrected chi connectivity index (χ2v) is 4.69. The maximum atomic E-state index is 12.1. The largest absolute Gasteiger partial charge is 0.496 e. The highest BCUT2D eigenvalue weighted by Crippen LogP contribution is 2.30. The summed E-state index contributed by atoms with van der Waals surface area (Å²) in [6.07, 6.45) is -0.258. The number of methoxy groups -OCH3 is 1. The average molecular weight is 277 g/mol. The van der Waals surface area contributed by atoms with Crippen molar-refractivity contribution < 1.29 is 14.3 Å². The van der Waals surface area contributed by atoms with Crippen LogP contribution >= 0.6 is 0 Å². The molecule has 1 atom stereocenters. The highest BCUT2D eigenvalue weighted by atomic mass is 16.5. The van der Waals surface area contributed by atoms with Gasteiger partial charge in [0.1, 0.15) is 12.2 Å². The molecule has 108 valence electrons. The van der Waals surface area contributed by atoms with Gasteiger partial charge in [0, 0.05) is 25.2 Å². The predicted molar refractivity (Wildman–Crippen MR) is 74.1 cm³/mol. The smallest absolute Gasteiger partial charge is 0.232 e. The molecule has 0 aromatic heterocycles. The maximum Gasteiger partial charge on any atom is 0.232 e. The second kappa shape index (κ2) is 6.38. The van der Waals surface area contributed by atoms with Crippen molar-refractivity contribution in [1.29, 1.82) is 0 Å². The summed E-state index contributed by atoms with van der Waals surface area (Å²) in [5, 5.41) is 3.26. The number of primary amides is 1. The first-order chi connectivity index (χ1) is 9.63. The van der Waals surface area contributed by atoms with E-state index in [0.717, 1.165) is 11.3 Å². The quantitative estimate of drug-likeness (QED) is 0.761. The van der Waals surface area contributed by atoms with Crippen LogP contribution in [0.25, 0.3) is 0 Å². The Morgan fingerprint density at radius 1 is 1.45 bits per heavy atom. The minimum atomic E-state index is -0.604. The zero-order chi connectivity index (χ0) is 14.5. The van der Waals surface area contributed by atoms with Gasteiger partial charge < -0.3 is 20.7 Å². The number of nitrogens with zero attached hydrogens (tertiary/aromatic N) is 1. The number of para-hydroxylation sites is 1. The number of rotatable bonds is 4.